The molecule has 8 nitrogen and oxygen atoms in total. The van der Waals surface area contributed by atoms with Crippen LogP contribution >= 0.6 is 11.6 Å². The van der Waals surface area contributed by atoms with Crippen molar-refractivity contribution in [1.29, 1.82) is 0 Å². The minimum Gasteiger partial charge on any atom is -0.424 e. The molecule has 10 heteroatoms. The second-order valence-corrected chi connectivity index (χ2v) is 9.56. The van der Waals surface area contributed by atoms with Crippen molar-refractivity contribution in [2.45, 2.75) is 32.7 Å². The van der Waals surface area contributed by atoms with Crippen LogP contribution in [0.3, 0.4) is 0 Å². The molecule has 34 heavy (non-hydrogen) atoms. The van der Waals surface area contributed by atoms with E-state index in [0.717, 1.165) is 36.8 Å². The second kappa shape index (κ2) is 9.84. The number of anilines is 1. The minimum atomic E-state index is -0.465. The number of halogens is 2. The summed E-state index contributed by atoms with van der Waals surface area (Å²) in [7, 11) is 1.63. The fourth-order valence-electron chi connectivity index (χ4n) is 5.23. The summed E-state index contributed by atoms with van der Waals surface area (Å²) >= 11 is 5.98. The molecule has 1 saturated heterocycles. The van der Waals surface area contributed by atoms with Gasteiger partial charge in [0, 0.05) is 49.5 Å². The predicted octanol–water partition coefficient (Wildman–Crippen LogP) is 4.31. The number of ether oxygens (including phenoxy) is 2. The van der Waals surface area contributed by atoms with Gasteiger partial charge in [0.25, 0.3) is 0 Å². The number of piperidine rings is 1. The molecule has 0 radical (unpaired) electrons. The monoisotopic (exact) mass is 486 g/mol. The van der Waals surface area contributed by atoms with Gasteiger partial charge < -0.3 is 14.4 Å². The van der Waals surface area contributed by atoms with Gasteiger partial charge in [0.2, 0.25) is 0 Å². The average Bonchev–Trinajstić information content (AvgIpc) is 3.26. The highest BCUT2D eigenvalue weighted by atomic mass is 35.5. The molecule has 1 saturated carbocycles. The van der Waals surface area contributed by atoms with Crippen LogP contribution in [0.2, 0.25) is 5.02 Å². The summed E-state index contributed by atoms with van der Waals surface area (Å²) in [4.78, 5) is 15.8. The van der Waals surface area contributed by atoms with Crippen molar-refractivity contribution in [2.75, 3.05) is 31.7 Å². The highest BCUT2D eigenvalue weighted by Gasteiger charge is 2.42. The minimum absolute atomic E-state index is 0.264. The highest BCUT2D eigenvalue weighted by molar-refractivity contribution is 6.30. The number of hydrogen-bond acceptors (Lipinski definition) is 7. The lowest BCUT2D eigenvalue weighted by atomic mass is 9.82. The van der Waals surface area contributed by atoms with E-state index in [1.807, 2.05) is 6.92 Å². The van der Waals surface area contributed by atoms with E-state index >= 15 is 0 Å². The number of hydrogen-bond donors (Lipinski definition) is 0. The van der Waals surface area contributed by atoms with E-state index in [1.54, 1.807) is 24.2 Å². The fourth-order valence-corrected chi connectivity index (χ4v) is 5.44. The Kier molecular flexibility index (Phi) is 6.65. The summed E-state index contributed by atoms with van der Waals surface area (Å²) in [5.74, 6) is 3.20. The van der Waals surface area contributed by atoms with Gasteiger partial charge in [0.05, 0.1) is 13.2 Å². The van der Waals surface area contributed by atoms with Gasteiger partial charge in [-0.1, -0.05) is 11.6 Å². The van der Waals surface area contributed by atoms with Crippen LogP contribution in [0, 0.1) is 30.5 Å². The largest absolute Gasteiger partial charge is 0.424 e. The van der Waals surface area contributed by atoms with Gasteiger partial charge in [-0.2, -0.15) is 10.1 Å². The van der Waals surface area contributed by atoms with E-state index in [-0.39, 0.29) is 10.8 Å². The lowest BCUT2D eigenvalue weighted by molar-refractivity contribution is 0.179. The Morgan fingerprint density at radius 2 is 1.91 bits per heavy atom. The Morgan fingerprint density at radius 3 is 2.62 bits per heavy atom. The number of nitrogens with zero attached hydrogens (tertiary/aromatic N) is 6. The fraction of sp³-hybridized carbons (Fsp3) is 0.500. The van der Waals surface area contributed by atoms with E-state index in [9.17, 15) is 4.39 Å². The molecular formula is C24H28ClFN6O2. The van der Waals surface area contributed by atoms with E-state index < -0.39 is 5.82 Å². The van der Waals surface area contributed by atoms with Crippen molar-refractivity contribution >= 4 is 17.4 Å². The lowest BCUT2D eigenvalue weighted by Gasteiger charge is -2.38. The van der Waals surface area contributed by atoms with Crippen molar-refractivity contribution < 1.29 is 13.9 Å². The molecule has 5 rings (SSSR count). The normalized spacial score (nSPS) is 21.8. The first-order chi connectivity index (χ1) is 16.5. The van der Waals surface area contributed by atoms with E-state index in [0.29, 0.717) is 36.9 Å². The van der Waals surface area contributed by atoms with E-state index in [2.05, 4.69) is 25.9 Å². The number of benzene rings is 1. The summed E-state index contributed by atoms with van der Waals surface area (Å²) in [5, 5.41) is 4.97. The van der Waals surface area contributed by atoms with Gasteiger partial charge in [-0.05, 0) is 49.7 Å². The molecule has 2 aromatic heterocycles. The van der Waals surface area contributed by atoms with E-state index in [4.69, 9.17) is 26.2 Å². The summed E-state index contributed by atoms with van der Waals surface area (Å²) in [5.41, 5.74) is 0.984. The number of methoxy groups -OCH3 is 1. The number of rotatable bonds is 8. The van der Waals surface area contributed by atoms with Crippen LogP contribution in [0.1, 0.15) is 24.4 Å². The first-order valence-electron chi connectivity index (χ1n) is 11.6. The molecule has 0 spiro atoms. The molecule has 3 atom stereocenters. The Hall–Kier alpha value is -2.78. The van der Waals surface area contributed by atoms with Crippen LogP contribution in [-0.4, -0.2) is 51.5 Å². The van der Waals surface area contributed by atoms with Gasteiger partial charge in [-0.15, -0.1) is 0 Å². The molecule has 1 aliphatic heterocycles. The molecule has 1 unspecified atom stereocenters. The molecule has 2 aliphatic rings. The third kappa shape index (κ3) is 5.00. The summed E-state index contributed by atoms with van der Waals surface area (Å²) < 4.78 is 26.6. The molecule has 0 amide bonds. The highest BCUT2D eigenvalue weighted by Crippen LogP contribution is 2.44. The SMILES string of the molecule is COCCn1nc(CC2[C@@H]3CC[C@H]2CN(c2cc(C)ncn2)C3)nc1Oc1cc(F)cc(Cl)c1. The van der Waals surface area contributed by atoms with Gasteiger partial charge in [0.15, 0.2) is 5.82 Å². The van der Waals surface area contributed by atoms with Crippen molar-refractivity contribution in [3.63, 3.8) is 0 Å². The van der Waals surface area contributed by atoms with Crippen LogP contribution in [0.5, 0.6) is 11.8 Å². The third-order valence-electron chi connectivity index (χ3n) is 6.79. The maximum Gasteiger partial charge on any atom is 0.320 e. The molecule has 180 valence electrons. The molecule has 1 aliphatic carbocycles. The Balaban J connectivity index is 1.32. The number of aryl methyl sites for hydroxylation is 1. The molecule has 3 heterocycles. The average molecular weight is 487 g/mol. The standard InChI is InChI=1S/C24H28ClFN6O2/c1-15-7-23(28-14-27-15)31-12-16-3-4-17(13-31)21(16)11-22-29-24(32(30-22)5-6-33-2)34-20-9-18(25)8-19(26)10-20/h7-10,14,16-17,21H,3-6,11-13H2,1-2H3/t16-,17+,21?. The molecule has 3 aromatic rings. The van der Waals surface area contributed by atoms with Crippen LogP contribution in [0.15, 0.2) is 30.6 Å². The van der Waals surface area contributed by atoms with Crippen molar-refractivity contribution in [3.8, 4) is 11.8 Å². The molecule has 0 N–H and O–H groups in total. The maximum absolute atomic E-state index is 13.8. The maximum atomic E-state index is 13.8. The van der Waals surface area contributed by atoms with Crippen LogP contribution in [0.25, 0.3) is 0 Å². The molecular weight excluding hydrogens is 459 g/mol. The summed E-state index contributed by atoms with van der Waals surface area (Å²) in [6.07, 6.45) is 4.83. The Morgan fingerprint density at radius 1 is 1.12 bits per heavy atom. The zero-order chi connectivity index (χ0) is 23.7. The van der Waals surface area contributed by atoms with Crippen molar-refractivity contribution in [1.82, 2.24) is 24.7 Å². The topological polar surface area (TPSA) is 78.2 Å². The third-order valence-corrected chi connectivity index (χ3v) is 7.01. The van der Waals surface area contributed by atoms with Gasteiger partial charge >= 0.3 is 6.01 Å². The lowest BCUT2D eigenvalue weighted by Crippen LogP contribution is -2.43. The predicted molar refractivity (Wildman–Crippen MR) is 126 cm³/mol. The number of fused-ring (bicyclic) bond motifs is 2. The van der Waals surface area contributed by atoms with Gasteiger partial charge in [-0.25, -0.2) is 19.0 Å². The zero-order valence-corrected chi connectivity index (χ0v) is 20.1. The van der Waals surface area contributed by atoms with Gasteiger partial charge in [0.1, 0.15) is 23.7 Å². The van der Waals surface area contributed by atoms with Crippen molar-refractivity contribution in [2.24, 2.45) is 17.8 Å². The first-order valence-corrected chi connectivity index (χ1v) is 12.0. The van der Waals surface area contributed by atoms with Gasteiger partial charge in [-0.3, -0.25) is 0 Å². The number of aromatic nitrogens is 5. The summed E-state index contributed by atoms with van der Waals surface area (Å²) in [6.45, 7) is 4.90. The first kappa shape index (κ1) is 23.0. The molecule has 2 fully saturated rings. The van der Waals surface area contributed by atoms with Crippen LogP contribution in [-0.2, 0) is 17.7 Å². The van der Waals surface area contributed by atoms with Crippen LogP contribution in [0.4, 0.5) is 10.2 Å². The second-order valence-electron chi connectivity index (χ2n) is 9.12. The Bertz CT molecular complexity index is 1120. The smallest absolute Gasteiger partial charge is 0.320 e. The Labute approximate surface area is 203 Å². The van der Waals surface area contributed by atoms with Crippen LogP contribution < -0.4 is 9.64 Å². The quantitative estimate of drug-likeness (QED) is 0.469. The molecule has 2 bridgehead atoms. The zero-order valence-electron chi connectivity index (χ0n) is 19.3. The summed E-state index contributed by atoms with van der Waals surface area (Å²) in [6, 6.07) is 6.45. The van der Waals surface area contributed by atoms with Crippen molar-refractivity contribution in [3.05, 3.63) is 53.0 Å². The molecule has 1 aromatic carbocycles. The van der Waals surface area contributed by atoms with E-state index in [1.165, 1.54) is 25.0 Å².